The molecule has 0 amide bonds. The number of nitriles is 1. The smallest absolute Gasteiger partial charge is 0.319 e. The molecular formula is C29H30FN7O. The number of nitrogens with zero attached hydrogens (tertiary/aromatic N) is 6. The van der Waals surface area contributed by atoms with Crippen molar-refractivity contribution in [3.8, 4) is 23.3 Å². The lowest BCUT2D eigenvalue weighted by molar-refractivity contribution is 0.188. The topological polar surface area (TPSA) is 90.2 Å². The Morgan fingerprint density at radius 2 is 2.00 bits per heavy atom. The van der Waals surface area contributed by atoms with E-state index in [0.29, 0.717) is 49.4 Å². The molecule has 2 fully saturated rings. The van der Waals surface area contributed by atoms with E-state index in [4.69, 9.17) is 9.72 Å². The first-order valence-electron chi connectivity index (χ1n) is 13.1. The van der Waals surface area contributed by atoms with Gasteiger partial charge in [-0.2, -0.15) is 15.2 Å². The van der Waals surface area contributed by atoms with E-state index in [9.17, 15) is 5.26 Å². The van der Waals surface area contributed by atoms with Crippen LogP contribution in [0.25, 0.3) is 32.9 Å². The van der Waals surface area contributed by atoms with Crippen LogP contribution < -0.4 is 15.0 Å². The Morgan fingerprint density at radius 1 is 1.13 bits per heavy atom. The summed E-state index contributed by atoms with van der Waals surface area (Å²) in [5.41, 5.74) is 1.16. The Kier molecular flexibility index (Phi) is 6.75. The average molecular weight is 512 g/mol. The number of halogens is 1. The van der Waals surface area contributed by atoms with Crippen molar-refractivity contribution < 1.29 is 9.13 Å². The van der Waals surface area contributed by atoms with Gasteiger partial charge >= 0.3 is 6.01 Å². The molecule has 0 radical (unpaired) electrons. The van der Waals surface area contributed by atoms with Crippen LogP contribution in [0.5, 0.6) is 6.01 Å². The minimum absolute atomic E-state index is 0.00281. The summed E-state index contributed by atoms with van der Waals surface area (Å²) in [5, 5.41) is 15.1. The van der Waals surface area contributed by atoms with Crippen LogP contribution in [0.3, 0.4) is 0 Å². The van der Waals surface area contributed by atoms with Gasteiger partial charge in [-0.15, -0.1) is 0 Å². The lowest BCUT2D eigenvalue weighted by Crippen LogP contribution is -2.51. The predicted octanol–water partition coefficient (Wildman–Crippen LogP) is 4.15. The summed E-state index contributed by atoms with van der Waals surface area (Å²) in [6, 6.07) is 16.4. The van der Waals surface area contributed by atoms with Gasteiger partial charge in [0.1, 0.15) is 23.6 Å². The lowest BCUT2D eigenvalue weighted by atomic mass is 10.0. The normalized spacial score (nSPS) is 20.2. The lowest BCUT2D eigenvalue weighted by Gasteiger charge is -2.34. The van der Waals surface area contributed by atoms with Gasteiger partial charge in [0.2, 0.25) is 0 Å². The fraction of sp³-hybridized carbons (Fsp3) is 0.379. The van der Waals surface area contributed by atoms with Gasteiger partial charge in [0.25, 0.3) is 0 Å². The standard InChI is InChI=1S/C29H30FN7O/c1-36-14-5-8-21(36)18-38-29-34-27-24(28(35-29)37-15-13-32-20(17-37)11-12-31)16-33-26(25(27)30)23-10-4-7-19-6-2-3-9-22(19)23/h2-4,6-7,9-10,16,20-21,32H,5,8,11,13-15,17-18H2,1H3. The molecule has 0 bridgehead atoms. The molecule has 4 aromatic rings. The van der Waals surface area contributed by atoms with Gasteiger partial charge in [0, 0.05) is 43.5 Å². The minimum Gasteiger partial charge on any atom is -0.462 e. The second-order valence-corrected chi connectivity index (χ2v) is 10.1. The van der Waals surface area contributed by atoms with E-state index in [1.54, 1.807) is 6.20 Å². The number of anilines is 1. The van der Waals surface area contributed by atoms with E-state index in [-0.39, 0.29) is 29.3 Å². The molecule has 4 heterocycles. The number of likely N-dealkylation sites (tertiary alicyclic amines) is 1. The quantitative estimate of drug-likeness (QED) is 0.413. The second kappa shape index (κ2) is 10.5. The van der Waals surface area contributed by atoms with Crippen molar-refractivity contribution in [2.45, 2.75) is 31.3 Å². The van der Waals surface area contributed by atoms with Crippen LogP contribution in [-0.4, -0.2) is 71.8 Å². The number of likely N-dealkylation sites (N-methyl/N-ethyl adjacent to an activating group) is 1. The van der Waals surface area contributed by atoms with Crippen molar-refractivity contribution in [3.63, 3.8) is 0 Å². The summed E-state index contributed by atoms with van der Waals surface area (Å²) in [7, 11) is 2.09. The summed E-state index contributed by atoms with van der Waals surface area (Å²) in [5.74, 6) is 0.0964. The molecule has 38 heavy (non-hydrogen) atoms. The van der Waals surface area contributed by atoms with Gasteiger partial charge in [0.05, 0.1) is 17.9 Å². The van der Waals surface area contributed by atoms with Gasteiger partial charge in [-0.3, -0.25) is 4.98 Å². The van der Waals surface area contributed by atoms with Crippen molar-refractivity contribution >= 4 is 27.5 Å². The van der Waals surface area contributed by atoms with Gasteiger partial charge in [0.15, 0.2) is 5.82 Å². The highest BCUT2D eigenvalue weighted by molar-refractivity contribution is 5.99. The van der Waals surface area contributed by atoms with Gasteiger partial charge in [-0.25, -0.2) is 4.39 Å². The third-order valence-electron chi connectivity index (χ3n) is 7.66. The first kappa shape index (κ1) is 24.5. The van der Waals surface area contributed by atoms with Gasteiger partial charge < -0.3 is 19.9 Å². The molecule has 194 valence electrons. The molecule has 1 N–H and O–H groups in total. The molecule has 2 aliphatic heterocycles. The minimum atomic E-state index is -0.492. The summed E-state index contributed by atoms with van der Waals surface area (Å²) in [6.07, 6.45) is 4.23. The number of aromatic nitrogens is 3. The maximum atomic E-state index is 16.3. The molecule has 9 heteroatoms. The van der Waals surface area contributed by atoms with Crippen LogP contribution in [-0.2, 0) is 0 Å². The Hall–Kier alpha value is -3.87. The fourth-order valence-electron chi connectivity index (χ4n) is 5.57. The summed E-state index contributed by atoms with van der Waals surface area (Å²) in [6.45, 7) is 3.43. The number of rotatable bonds is 6. The molecule has 2 saturated heterocycles. The number of nitrogens with one attached hydrogen (secondary N) is 1. The Balaban J connectivity index is 1.45. The van der Waals surface area contributed by atoms with Crippen LogP contribution in [0.4, 0.5) is 10.2 Å². The fourth-order valence-corrected chi connectivity index (χ4v) is 5.57. The molecule has 8 nitrogen and oxygen atoms in total. The predicted molar refractivity (Wildman–Crippen MR) is 146 cm³/mol. The van der Waals surface area contributed by atoms with Crippen molar-refractivity contribution in [1.29, 1.82) is 5.26 Å². The highest BCUT2D eigenvalue weighted by Crippen LogP contribution is 2.35. The van der Waals surface area contributed by atoms with E-state index in [2.05, 4.69) is 38.2 Å². The Bertz CT molecular complexity index is 1520. The van der Waals surface area contributed by atoms with Crippen molar-refractivity contribution in [1.82, 2.24) is 25.2 Å². The van der Waals surface area contributed by atoms with Crippen LogP contribution >= 0.6 is 0 Å². The summed E-state index contributed by atoms with van der Waals surface area (Å²) in [4.78, 5) is 18.3. The largest absolute Gasteiger partial charge is 0.462 e. The van der Waals surface area contributed by atoms with Crippen LogP contribution in [0.1, 0.15) is 19.3 Å². The van der Waals surface area contributed by atoms with Crippen molar-refractivity contribution in [2.75, 3.05) is 44.7 Å². The zero-order valence-corrected chi connectivity index (χ0v) is 21.4. The number of benzene rings is 2. The SMILES string of the molecule is CN1CCCC1COc1nc(N2CCNC(CC#N)C2)c2cnc(-c3cccc4ccccc34)c(F)c2n1. The zero-order chi connectivity index (χ0) is 26.1. The molecule has 0 saturated carbocycles. The molecule has 2 atom stereocenters. The van der Waals surface area contributed by atoms with Crippen molar-refractivity contribution in [2.24, 2.45) is 0 Å². The number of pyridine rings is 1. The zero-order valence-electron chi connectivity index (χ0n) is 21.4. The van der Waals surface area contributed by atoms with E-state index in [1.165, 1.54) is 0 Å². The molecule has 2 unspecified atom stereocenters. The summed E-state index contributed by atoms with van der Waals surface area (Å²) >= 11 is 0. The molecule has 0 aliphatic carbocycles. The van der Waals surface area contributed by atoms with E-state index in [1.807, 2.05) is 42.5 Å². The van der Waals surface area contributed by atoms with Crippen LogP contribution in [0.15, 0.2) is 48.7 Å². The molecule has 2 aromatic carbocycles. The summed E-state index contributed by atoms with van der Waals surface area (Å²) < 4.78 is 22.4. The average Bonchev–Trinajstić information content (AvgIpc) is 3.36. The molecule has 2 aliphatic rings. The highest BCUT2D eigenvalue weighted by atomic mass is 19.1. The molecule has 2 aromatic heterocycles. The molecule has 0 spiro atoms. The maximum Gasteiger partial charge on any atom is 0.319 e. The first-order chi connectivity index (χ1) is 18.6. The molecule has 6 rings (SSSR count). The first-order valence-corrected chi connectivity index (χ1v) is 13.1. The second-order valence-electron chi connectivity index (χ2n) is 10.1. The highest BCUT2D eigenvalue weighted by Gasteiger charge is 2.27. The van der Waals surface area contributed by atoms with Crippen molar-refractivity contribution in [3.05, 3.63) is 54.5 Å². The van der Waals surface area contributed by atoms with Gasteiger partial charge in [-0.1, -0.05) is 42.5 Å². The number of hydrogen-bond donors (Lipinski definition) is 1. The van der Waals surface area contributed by atoms with Gasteiger partial charge in [-0.05, 0) is 37.2 Å². The Morgan fingerprint density at radius 3 is 2.84 bits per heavy atom. The molecular weight excluding hydrogens is 481 g/mol. The van der Waals surface area contributed by atoms with Crippen LogP contribution in [0, 0.1) is 17.1 Å². The number of piperazine rings is 1. The van der Waals surface area contributed by atoms with E-state index < -0.39 is 5.82 Å². The third-order valence-corrected chi connectivity index (χ3v) is 7.66. The third kappa shape index (κ3) is 4.62. The van der Waals surface area contributed by atoms with Crippen LogP contribution in [0.2, 0.25) is 0 Å². The number of fused-ring (bicyclic) bond motifs is 2. The van der Waals surface area contributed by atoms with E-state index in [0.717, 1.165) is 30.2 Å². The van der Waals surface area contributed by atoms with E-state index >= 15 is 4.39 Å². The number of hydrogen-bond acceptors (Lipinski definition) is 8. The Labute approximate surface area is 221 Å². The number of ether oxygens (including phenoxy) is 1. The monoisotopic (exact) mass is 511 g/mol. The maximum absolute atomic E-state index is 16.3.